The SMILES string of the molecule is CC(=O)OC[C@H]1C=CC[C@@H](c2ccc(Cl)c(Cc3ccc(OCC4(C(F)(F)F)CCC4)cc3)c2)O1. The number of rotatable bonds is 8. The van der Waals surface area contributed by atoms with E-state index in [0.717, 1.165) is 16.7 Å². The molecule has 1 fully saturated rings. The first-order valence-corrected chi connectivity index (χ1v) is 12.1. The summed E-state index contributed by atoms with van der Waals surface area (Å²) in [6.07, 6.45) is 1.25. The van der Waals surface area contributed by atoms with Crippen LogP contribution in [0.4, 0.5) is 13.2 Å². The Hall–Kier alpha value is -2.51. The predicted octanol–water partition coefficient (Wildman–Crippen LogP) is 6.99. The molecule has 2 atom stereocenters. The lowest BCUT2D eigenvalue weighted by Gasteiger charge is -2.42. The quantitative estimate of drug-likeness (QED) is 0.285. The van der Waals surface area contributed by atoms with Crippen molar-refractivity contribution < 1.29 is 32.2 Å². The highest BCUT2D eigenvalue weighted by Crippen LogP contribution is 2.53. The van der Waals surface area contributed by atoms with Gasteiger partial charge in [0.1, 0.15) is 25.1 Å². The third kappa shape index (κ3) is 6.19. The Balaban J connectivity index is 1.38. The van der Waals surface area contributed by atoms with Crippen molar-refractivity contribution in [3.8, 4) is 5.75 Å². The Bertz CT molecular complexity index is 1060. The van der Waals surface area contributed by atoms with Crippen LogP contribution >= 0.6 is 11.6 Å². The fraction of sp³-hybridized carbons (Fsp3) is 0.444. The molecule has 0 amide bonds. The lowest BCUT2D eigenvalue weighted by Crippen LogP contribution is -2.48. The zero-order valence-corrected chi connectivity index (χ0v) is 20.2. The van der Waals surface area contributed by atoms with Crippen LogP contribution in [0, 0.1) is 5.41 Å². The van der Waals surface area contributed by atoms with Crippen LogP contribution in [0.15, 0.2) is 54.6 Å². The van der Waals surface area contributed by atoms with Crippen molar-refractivity contribution in [2.45, 2.75) is 57.4 Å². The molecule has 188 valence electrons. The van der Waals surface area contributed by atoms with E-state index < -0.39 is 11.6 Å². The highest BCUT2D eigenvalue weighted by atomic mass is 35.5. The number of alkyl halides is 3. The fourth-order valence-corrected chi connectivity index (χ4v) is 4.55. The Morgan fingerprint density at radius 1 is 1.17 bits per heavy atom. The number of carbonyl (C=O) groups is 1. The molecule has 2 aliphatic rings. The minimum atomic E-state index is -4.24. The van der Waals surface area contributed by atoms with Crippen molar-refractivity contribution in [1.82, 2.24) is 0 Å². The minimum absolute atomic E-state index is 0.119. The molecule has 2 aromatic rings. The van der Waals surface area contributed by atoms with Crippen molar-refractivity contribution >= 4 is 17.6 Å². The summed E-state index contributed by atoms with van der Waals surface area (Å²) >= 11 is 6.45. The van der Waals surface area contributed by atoms with Crippen LogP contribution in [0.3, 0.4) is 0 Å². The molecule has 0 unspecified atom stereocenters. The molecule has 0 saturated heterocycles. The van der Waals surface area contributed by atoms with Gasteiger partial charge >= 0.3 is 12.1 Å². The number of hydrogen-bond donors (Lipinski definition) is 0. The second kappa shape index (κ2) is 10.6. The largest absolute Gasteiger partial charge is 0.493 e. The van der Waals surface area contributed by atoms with Crippen LogP contribution in [-0.2, 0) is 20.7 Å². The zero-order chi connectivity index (χ0) is 25.1. The van der Waals surface area contributed by atoms with Crippen molar-refractivity contribution in [2.75, 3.05) is 13.2 Å². The molecule has 4 rings (SSSR count). The maximum Gasteiger partial charge on any atom is 0.397 e. The first-order chi connectivity index (χ1) is 16.6. The first kappa shape index (κ1) is 25.6. The summed E-state index contributed by atoms with van der Waals surface area (Å²) < 4.78 is 56.7. The molecule has 1 aliphatic carbocycles. The van der Waals surface area contributed by atoms with Crippen LogP contribution in [-0.4, -0.2) is 31.5 Å². The number of hydrogen-bond acceptors (Lipinski definition) is 4. The van der Waals surface area contributed by atoms with Crippen LogP contribution < -0.4 is 4.74 Å². The van der Waals surface area contributed by atoms with E-state index in [-0.39, 0.29) is 44.2 Å². The van der Waals surface area contributed by atoms with E-state index in [1.54, 1.807) is 12.1 Å². The maximum absolute atomic E-state index is 13.3. The average Bonchev–Trinajstić information content (AvgIpc) is 2.79. The highest BCUT2D eigenvalue weighted by molar-refractivity contribution is 6.31. The fourth-order valence-electron chi connectivity index (χ4n) is 4.36. The van der Waals surface area contributed by atoms with E-state index in [4.69, 9.17) is 25.8 Å². The number of ether oxygens (including phenoxy) is 3. The molecular formula is C27H28ClF3O4. The van der Waals surface area contributed by atoms with Gasteiger partial charge in [-0.2, -0.15) is 13.2 Å². The van der Waals surface area contributed by atoms with Crippen molar-refractivity contribution in [3.05, 3.63) is 76.3 Å². The van der Waals surface area contributed by atoms with Crippen LogP contribution in [0.25, 0.3) is 0 Å². The van der Waals surface area contributed by atoms with Gasteiger partial charge in [0, 0.05) is 11.9 Å². The predicted molar refractivity (Wildman–Crippen MR) is 127 cm³/mol. The van der Waals surface area contributed by atoms with Gasteiger partial charge in [0.25, 0.3) is 0 Å². The number of carbonyl (C=O) groups excluding carboxylic acids is 1. The molecule has 4 nitrogen and oxygen atoms in total. The first-order valence-electron chi connectivity index (χ1n) is 11.7. The Morgan fingerprint density at radius 3 is 2.54 bits per heavy atom. The monoisotopic (exact) mass is 508 g/mol. The summed E-state index contributed by atoms with van der Waals surface area (Å²) in [5, 5.41) is 0.619. The average molecular weight is 509 g/mol. The van der Waals surface area contributed by atoms with E-state index in [9.17, 15) is 18.0 Å². The topological polar surface area (TPSA) is 44.8 Å². The summed E-state index contributed by atoms with van der Waals surface area (Å²) in [5.74, 6) is 0.0718. The molecule has 0 aromatic heterocycles. The molecular weight excluding hydrogens is 481 g/mol. The summed E-state index contributed by atoms with van der Waals surface area (Å²) in [5.41, 5.74) is 1.13. The molecule has 1 heterocycles. The van der Waals surface area contributed by atoms with E-state index in [1.807, 2.05) is 42.5 Å². The molecule has 2 aromatic carbocycles. The highest BCUT2D eigenvalue weighted by Gasteiger charge is 2.58. The van der Waals surface area contributed by atoms with Crippen LogP contribution in [0.5, 0.6) is 5.75 Å². The summed E-state index contributed by atoms with van der Waals surface area (Å²) in [6.45, 7) is 1.18. The summed E-state index contributed by atoms with van der Waals surface area (Å²) in [4.78, 5) is 11.1. The third-order valence-electron chi connectivity index (χ3n) is 6.68. The Kier molecular flexibility index (Phi) is 7.77. The summed E-state index contributed by atoms with van der Waals surface area (Å²) in [7, 11) is 0. The normalized spacial score (nSPS) is 21.3. The molecule has 0 N–H and O–H groups in total. The van der Waals surface area contributed by atoms with Gasteiger partial charge < -0.3 is 14.2 Å². The lowest BCUT2D eigenvalue weighted by molar-refractivity contribution is -0.259. The number of benzene rings is 2. The smallest absolute Gasteiger partial charge is 0.397 e. The van der Waals surface area contributed by atoms with Gasteiger partial charge in [0.05, 0.1) is 11.5 Å². The van der Waals surface area contributed by atoms with Gasteiger partial charge in [0.2, 0.25) is 0 Å². The third-order valence-corrected chi connectivity index (χ3v) is 7.05. The van der Waals surface area contributed by atoms with E-state index in [1.165, 1.54) is 6.92 Å². The van der Waals surface area contributed by atoms with Gasteiger partial charge in [-0.15, -0.1) is 0 Å². The molecule has 35 heavy (non-hydrogen) atoms. The Morgan fingerprint density at radius 2 is 1.91 bits per heavy atom. The number of esters is 1. The molecule has 0 bridgehead atoms. The van der Waals surface area contributed by atoms with Crippen molar-refractivity contribution in [1.29, 1.82) is 0 Å². The van der Waals surface area contributed by atoms with Crippen LogP contribution in [0.1, 0.15) is 55.4 Å². The molecule has 0 radical (unpaired) electrons. The van der Waals surface area contributed by atoms with Crippen molar-refractivity contribution in [2.24, 2.45) is 5.41 Å². The Labute approximate surface area is 208 Å². The minimum Gasteiger partial charge on any atom is -0.493 e. The van der Waals surface area contributed by atoms with E-state index >= 15 is 0 Å². The second-order valence-electron chi connectivity index (χ2n) is 9.22. The molecule has 1 aliphatic heterocycles. The van der Waals surface area contributed by atoms with Crippen LogP contribution in [0.2, 0.25) is 5.02 Å². The van der Waals surface area contributed by atoms with Gasteiger partial charge in [-0.1, -0.05) is 54.4 Å². The molecule has 8 heteroatoms. The van der Waals surface area contributed by atoms with Crippen molar-refractivity contribution in [3.63, 3.8) is 0 Å². The van der Waals surface area contributed by atoms with E-state index in [2.05, 4.69) is 0 Å². The lowest BCUT2D eigenvalue weighted by atomic mass is 9.69. The second-order valence-corrected chi connectivity index (χ2v) is 9.63. The van der Waals surface area contributed by atoms with Gasteiger partial charge in [0.15, 0.2) is 0 Å². The zero-order valence-electron chi connectivity index (χ0n) is 19.4. The number of halogens is 4. The molecule has 0 spiro atoms. The maximum atomic E-state index is 13.3. The summed E-state index contributed by atoms with van der Waals surface area (Å²) in [6, 6.07) is 12.8. The standard InChI is InChI=1S/C27H28ClF3O4/c1-18(32)33-16-23-4-2-5-25(35-23)20-8-11-24(28)21(15-20)14-19-6-9-22(10-7-19)34-17-26(12-3-13-26)27(29,30)31/h2,4,6-11,15,23,25H,3,5,12-14,16-17H2,1H3/t23-,25+/m1/s1. The van der Waals surface area contributed by atoms with Gasteiger partial charge in [-0.05, 0) is 60.6 Å². The molecule has 1 saturated carbocycles. The van der Waals surface area contributed by atoms with Gasteiger partial charge in [-0.25, -0.2) is 0 Å². The van der Waals surface area contributed by atoms with E-state index in [0.29, 0.717) is 30.0 Å². The van der Waals surface area contributed by atoms with Gasteiger partial charge in [-0.3, -0.25) is 4.79 Å².